The molecule has 0 aliphatic carbocycles. The molecule has 0 spiro atoms. The van der Waals surface area contributed by atoms with Crippen LogP contribution < -0.4 is 5.32 Å². The van der Waals surface area contributed by atoms with E-state index < -0.39 is 18.0 Å². The second-order valence-electron chi connectivity index (χ2n) is 5.20. The van der Waals surface area contributed by atoms with E-state index in [2.05, 4.69) is 15.3 Å². The van der Waals surface area contributed by atoms with Gasteiger partial charge in [-0.25, -0.2) is 18.7 Å². The molecule has 1 amide bonds. The fourth-order valence-corrected chi connectivity index (χ4v) is 2.57. The van der Waals surface area contributed by atoms with Crippen molar-refractivity contribution in [3.63, 3.8) is 0 Å². The summed E-state index contributed by atoms with van der Waals surface area (Å²) < 4.78 is 31.0. The average molecular weight is 319 g/mol. The molecule has 1 aliphatic heterocycles. The van der Waals surface area contributed by atoms with Crippen molar-refractivity contribution in [3.8, 4) is 0 Å². The minimum absolute atomic E-state index is 0.0750. The molecule has 1 aromatic heterocycles. The van der Waals surface area contributed by atoms with E-state index in [1.165, 1.54) is 0 Å². The molecule has 3 rings (SSSR count). The van der Waals surface area contributed by atoms with Gasteiger partial charge in [0.2, 0.25) is 0 Å². The Hall–Kier alpha value is -2.41. The Labute approximate surface area is 131 Å². The van der Waals surface area contributed by atoms with Gasteiger partial charge in [0, 0.05) is 6.61 Å². The first-order valence-electron chi connectivity index (χ1n) is 7.22. The number of halogens is 2. The summed E-state index contributed by atoms with van der Waals surface area (Å²) in [4.78, 5) is 19.5. The van der Waals surface area contributed by atoms with E-state index >= 15 is 0 Å². The molecule has 0 bridgehead atoms. The second kappa shape index (κ2) is 6.78. The quantitative estimate of drug-likeness (QED) is 0.941. The van der Waals surface area contributed by atoms with Crippen LogP contribution in [0.2, 0.25) is 0 Å². The summed E-state index contributed by atoms with van der Waals surface area (Å²) in [6.45, 7) is 0.524. The zero-order valence-corrected chi connectivity index (χ0v) is 12.2. The SMILES string of the molecule is O=C(N[C@H]1CCO[C@@H]1c1ccccc1)c1cc(C(F)F)ncn1. The first kappa shape index (κ1) is 15.5. The van der Waals surface area contributed by atoms with Gasteiger partial charge in [0.05, 0.1) is 6.04 Å². The van der Waals surface area contributed by atoms with Gasteiger partial charge in [-0.3, -0.25) is 4.79 Å². The van der Waals surface area contributed by atoms with Crippen LogP contribution in [0.4, 0.5) is 8.78 Å². The number of nitrogens with one attached hydrogen (secondary N) is 1. The normalized spacial score (nSPS) is 20.7. The Balaban J connectivity index is 1.73. The maximum atomic E-state index is 12.7. The zero-order chi connectivity index (χ0) is 16.2. The van der Waals surface area contributed by atoms with Crippen LogP contribution in [0.5, 0.6) is 0 Å². The van der Waals surface area contributed by atoms with Crippen LogP contribution in [-0.2, 0) is 4.74 Å². The standard InChI is InChI=1S/C16H15F2N3O2/c17-15(18)12-8-13(20-9-19-12)16(22)21-11-6-7-23-14(11)10-4-2-1-3-5-10/h1-5,8-9,11,14-15H,6-7H2,(H,21,22)/t11-,14+/m0/s1. The highest BCUT2D eigenvalue weighted by Gasteiger charge is 2.31. The van der Waals surface area contributed by atoms with Gasteiger partial charge < -0.3 is 10.1 Å². The fourth-order valence-electron chi connectivity index (χ4n) is 2.57. The van der Waals surface area contributed by atoms with E-state index in [9.17, 15) is 13.6 Å². The Kier molecular flexibility index (Phi) is 4.57. The molecule has 0 unspecified atom stereocenters. The minimum Gasteiger partial charge on any atom is -0.371 e. The summed E-state index contributed by atoms with van der Waals surface area (Å²) in [5, 5.41) is 2.81. The number of amides is 1. The van der Waals surface area contributed by atoms with Gasteiger partial charge in [0.1, 0.15) is 23.8 Å². The predicted octanol–water partition coefficient (Wildman–Crippen LogP) is 2.67. The fraction of sp³-hybridized carbons (Fsp3) is 0.312. The number of hydrogen-bond acceptors (Lipinski definition) is 4. The Bertz CT molecular complexity index is 682. The van der Waals surface area contributed by atoms with Crippen molar-refractivity contribution in [1.82, 2.24) is 15.3 Å². The number of carbonyl (C=O) groups excluding carboxylic acids is 1. The molecule has 2 atom stereocenters. The van der Waals surface area contributed by atoms with Crippen molar-refractivity contribution in [2.45, 2.75) is 25.0 Å². The maximum Gasteiger partial charge on any atom is 0.280 e. The molecule has 1 aliphatic rings. The van der Waals surface area contributed by atoms with Crippen molar-refractivity contribution < 1.29 is 18.3 Å². The number of nitrogens with zero attached hydrogens (tertiary/aromatic N) is 2. The summed E-state index contributed by atoms with van der Waals surface area (Å²) in [6, 6.07) is 10.3. The summed E-state index contributed by atoms with van der Waals surface area (Å²) in [6.07, 6.45) is -1.37. The highest BCUT2D eigenvalue weighted by Crippen LogP contribution is 2.29. The Morgan fingerprint density at radius 2 is 2.04 bits per heavy atom. The van der Waals surface area contributed by atoms with Gasteiger partial charge in [0.15, 0.2) is 0 Å². The average Bonchev–Trinajstić information content (AvgIpc) is 3.04. The number of hydrogen-bond donors (Lipinski definition) is 1. The van der Waals surface area contributed by atoms with Gasteiger partial charge in [-0.1, -0.05) is 30.3 Å². The molecule has 0 saturated carbocycles. The molecular weight excluding hydrogens is 304 g/mol. The number of benzene rings is 1. The molecule has 2 heterocycles. The summed E-state index contributed by atoms with van der Waals surface area (Å²) in [5.74, 6) is -0.509. The highest BCUT2D eigenvalue weighted by atomic mass is 19.3. The van der Waals surface area contributed by atoms with Gasteiger partial charge in [-0.2, -0.15) is 0 Å². The van der Waals surface area contributed by atoms with Crippen molar-refractivity contribution in [2.24, 2.45) is 0 Å². The maximum absolute atomic E-state index is 12.7. The highest BCUT2D eigenvalue weighted by molar-refractivity contribution is 5.92. The monoisotopic (exact) mass is 319 g/mol. The Morgan fingerprint density at radius 1 is 1.26 bits per heavy atom. The van der Waals surface area contributed by atoms with Crippen LogP contribution in [0.15, 0.2) is 42.7 Å². The molecule has 23 heavy (non-hydrogen) atoms. The summed E-state index contributed by atoms with van der Waals surface area (Å²) in [7, 11) is 0. The van der Waals surface area contributed by atoms with Crippen molar-refractivity contribution >= 4 is 5.91 Å². The molecule has 1 fully saturated rings. The number of carbonyl (C=O) groups is 1. The number of alkyl halides is 2. The lowest BCUT2D eigenvalue weighted by Crippen LogP contribution is -2.37. The Morgan fingerprint density at radius 3 is 2.78 bits per heavy atom. The second-order valence-corrected chi connectivity index (χ2v) is 5.20. The van der Waals surface area contributed by atoms with E-state index in [4.69, 9.17) is 4.74 Å². The van der Waals surface area contributed by atoms with Crippen LogP contribution in [0.1, 0.15) is 40.7 Å². The van der Waals surface area contributed by atoms with Crippen LogP contribution in [0, 0.1) is 0 Å². The largest absolute Gasteiger partial charge is 0.371 e. The zero-order valence-electron chi connectivity index (χ0n) is 12.2. The lowest BCUT2D eigenvalue weighted by molar-refractivity contribution is 0.0817. The molecule has 120 valence electrons. The predicted molar refractivity (Wildman–Crippen MR) is 78.0 cm³/mol. The first-order valence-corrected chi connectivity index (χ1v) is 7.22. The third kappa shape index (κ3) is 3.50. The van der Waals surface area contributed by atoms with E-state index in [-0.39, 0.29) is 17.8 Å². The van der Waals surface area contributed by atoms with E-state index in [1.807, 2.05) is 30.3 Å². The molecule has 7 heteroatoms. The summed E-state index contributed by atoms with van der Waals surface area (Å²) in [5.41, 5.74) is 0.424. The van der Waals surface area contributed by atoms with E-state index in [1.54, 1.807) is 0 Å². The van der Waals surface area contributed by atoms with Crippen LogP contribution in [-0.4, -0.2) is 28.5 Å². The minimum atomic E-state index is -2.74. The molecule has 1 N–H and O–H groups in total. The lowest BCUT2D eigenvalue weighted by Gasteiger charge is -2.20. The van der Waals surface area contributed by atoms with Gasteiger partial charge in [0.25, 0.3) is 12.3 Å². The molecule has 5 nitrogen and oxygen atoms in total. The number of rotatable bonds is 4. The van der Waals surface area contributed by atoms with Crippen LogP contribution in [0.25, 0.3) is 0 Å². The number of aromatic nitrogens is 2. The van der Waals surface area contributed by atoms with E-state index in [0.717, 1.165) is 18.0 Å². The van der Waals surface area contributed by atoms with Gasteiger partial charge in [-0.05, 0) is 18.1 Å². The van der Waals surface area contributed by atoms with Gasteiger partial charge >= 0.3 is 0 Å². The summed E-state index contributed by atoms with van der Waals surface area (Å²) >= 11 is 0. The van der Waals surface area contributed by atoms with Gasteiger partial charge in [-0.15, -0.1) is 0 Å². The third-order valence-corrected chi connectivity index (χ3v) is 3.68. The molecule has 0 radical (unpaired) electrons. The molecule has 2 aromatic rings. The molecule has 1 saturated heterocycles. The third-order valence-electron chi connectivity index (χ3n) is 3.68. The van der Waals surface area contributed by atoms with Crippen LogP contribution >= 0.6 is 0 Å². The van der Waals surface area contributed by atoms with Crippen molar-refractivity contribution in [1.29, 1.82) is 0 Å². The smallest absolute Gasteiger partial charge is 0.280 e. The van der Waals surface area contributed by atoms with E-state index in [0.29, 0.717) is 13.0 Å². The van der Waals surface area contributed by atoms with Crippen molar-refractivity contribution in [3.05, 3.63) is 59.7 Å². The molecule has 1 aromatic carbocycles. The lowest BCUT2D eigenvalue weighted by atomic mass is 10.0. The first-order chi connectivity index (χ1) is 11.1. The molecular formula is C16H15F2N3O2. The topological polar surface area (TPSA) is 64.1 Å². The van der Waals surface area contributed by atoms with Crippen LogP contribution in [0.3, 0.4) is 0 Å². The number of ether oxygens (including phenoxy) is 1. The van der Waals surface area contributed by atoms with Crippen molar-refractivity contribution in [2.75, 3.05) is 6.61 Å².